The van der Waals surface area contributed by atoms with Crippen LogP contribution in [0.4, 0.5) is 9.59 Å². The Balaban J connectivity index is 2.36. The van der Waals surface area contributed by atoms with E-state index in [1.165, 1.54) is 0 Å². The van der Waals surface area contributed by atoms with E-state index in [0.29, 0.717) is 13.1 Å². The van der Waals surface area contributed by atoms with Gasteiger partial charge in [-0.1, -0.05) is 0 Å². The highest BCUT2D eigenvalue weighted by molar-refractivity contribution is 5.75. The second-order valence-corrected chi connectivity index (χ2v) is 6.18. The van der Waals surface area contributed by atoms with Gasteiger partial charge in [-0.15, -0.1) is 0 Å². The van der Waals surface area contributed by atoms with Crippen LogP contribution in [0.5, 0.6) is 0 Å². The third kappa shape index (κ3) is 5.81. The number of hydrogen-bond acceptors (Lipinski definition) is 3. The van der Waals surface area contributed by atoms with Crippen LogP contribution in [-0.4, -0.2) is 47.8 Å². The first-order valence-corrected chi connectivity index (χ1v) is 6.72. The molecule has 0 radical (unpaired) electrons. The minimum absolute atomic E-state index is 0.0345. The molecule has 1 aliphatic rings. The Morgan fingerprint density at radius 2 is 1.95 bits per heavy atom. The Hall–Kier alpha value is -1.46. The molecule has 1 rings (SSSR count). The van der Waals surface area contributed by atoms with E-state index in [-0.39, 0.29) is 18.1 Å². The molecule has 0 aliphatic carbocycles. The summed E-state index contributed by atoms with van der Waals surface area (Å²) in [5, 5.41) is 5.63. The highest BCUT2D eigenvalue weighted by Crippen LogP contribution is 2.11. The lowest BCUT2D eigenvalue weighted by Gasteiger charge is -2.22. The quantitative estimate of drug-likeness (QED) is 0.803. The topological polar surface area (TPSA) is 70.7 Å². The van der Waals surface area contributed by atoms with Gasteiger partial charge in [-0.3, -0.25) is 0 Å². The maximum atomic E-state index is 11.8. The normalized spacial score (nSPS) is 19.5. The molecule has 3 amide bonds. The summed E-state index contributed by atoms with van der Waals surface area (Å²) in [7, 11) is 0. The third-order valence-corrected chi connectivity index (χ3v) is 2.61. The van der Waals surface area contributed by atoms with E-state index in [0.717, 1.165) is 6.42 Å². The van der Waals surface area contributed by atoms with Crippen LogP contribution in [0.3, 0.4) is 0 Å². The molecule has 0 unspecified atom stereocenters. The van der Waals surface area contributed by atoms with E-state index < -0.39 is 11.7 Å². The van der Waals surface area contributed by atoms with Crippen molar-refractivity contribution >= 4 is 12.1 Å². The molecule has 1 fully saturated rings. The van der Waals surface area contributed by atoms with Gasteiger partial charge in [-0.25, -0.2) is 9.59 Å². The van der Waals surface area contributed by atoms with Crippen LogP contribution in [0.15, 0.2) is 0 Å². The number of alkyl carbamates (subject to hydrolysis) is 1. The summed E-state index contributed by atoms with van der Waals surface area (Å²) in [6, 6.07) is 0.00150. The maximum absolute atomic E-state index is 11.8. The standard InChI is InChI=1S/C13H25N3O3/c1-9(2)14-11(17)16-7-6-10(8-16)15-12(18)19-13(3,4)5/h9-10H,6-8H2,1-5H3,(H,14,17)(H,15,18)/t10-/m1/s1. The summed E-state index contributed by atoms with van der Waals surface area (Å²) in [5.41, 5.74) is -0.503. The molecular formula is C13H25N3O3. The number of hydrogen-bond donors (Lipinski definition) is 2. The Kier molecular flexibility index (Phi) is 5.03. The molecule has 1 atom stereocenters. The molecule has 0 spiro atoms. The zero-order chi connectivity index (χ0) is 14.6. The number of carbonyl (C=O) groups is 2. The average Bonchev–Trinajstić information content (AvgIpc) is 2.61. The monoisotopic (exact) mass is 271 g/mol. The van der Waals surface area contributed by atoms with Gasteiger partial charge >= 0.3 is 12.1 Å². The largest absolute Gasteiger partial charge is 0.444 e. The molecule has 1 saturated heterocycles. The minimum Gasteiger partial charge on any atom is -0.444 e. The fraction of sp³-hybridized carbons (Fsp3) is 0.846. The van der Waals surface area contributed by atoms with E-state index >= 15 is 0 Å². The van der Waals surface area contributed by atoms with Gasteiger partial charge in [0.1, 0.15) is 5.60 Å². The molecule has 2 N–H and O–H groups in total. The molecule has 0 aromatic heterocycles. The Morgan fingerprint density at radius 1 is 1.32 bits per heavy atom. The molecule has 19 heavy (non-hydrogen) atoms. The second kappa shape index (κ2) is 6.12. The predicted molar refractivity (Wildman–Crippen MR) is 73.0 cm³/mol. The molecule has 0 bridgehead atoms. The third-order valence-electron chi connectivity index (χ3n) is 2.61. The summed E-state index contributed by atoms with van der Waals surface area (Å²) in [6.45, 7) is 10.5. The van der Waals surface area contributed by atoms with Crippen LogP contribution in [0.1, 0.15) is 41.0 Å². The first kappa shape index (κ1) is 15.6. The summed E-state index contributed by atoms with van der Waals surface area (Å²) in [4.78, 5) is 25.1. The van der Waals surface area contributed by atoms with E-state index in [1.54, 1.807) is 4.90 Å². The van der Waals surface area contributed by atoms with Crippen LogP contribution in [0.2, 0.25) is 0 Å². The van der Waals surface area contributed by atoms with E-state index in [4.69, 9.17) is 4.74 Å². The maximum Gasteiger partial charge on any atom is 0.407 e. The molecule has 6 heteroatoms. The van der Waals surface area contributed by atoms with Gasteiger partial charge in [-0.05, 0) is 41.0 Å². The Bertz CT molecular complexity index is 337. The number of urea groups is 1. The van der Waals surface area contributed by atoms with E-state index in [9.17, 15) is 9.59 Å². The van der Waals surface area contributed by atoms with Crippen LogP contribution in [0.25, 0.3) is 0 Å². The van der Waals surface area contributed by atoms with Crippen LogP contribution < -0.4 is 10.6 Å². The first-order valence-electron chi connectivity index (χ1n) is 6.72. The SMILES string of the molecule is CC(C)NC(=O)N1CC[C@@H](NC(=O)OC(C)(C)C)C1. The molecule has 0 aromatic carbocycles. The van der Waals surface area contributed by atoms with Gasteiger partial charge < -0.3 is 20.3 Å². The van der Waals surface area contributed by atoms with Gasteiger partial charge in [0.05, 0.1) is 6.04 Å². The average molecular weight is 271 g/mol. The molecule has 110 valence electrons. The molecule has 1 heterocycles. The molecule has 0 saturated carbocycles. The zero-order valence-electron chi connectivity index (χ0n) is 12.4. The van der Waals surface area contributed by atoms with Crippen molar-refractivity contribution < 1.29 is 14.3 Å². The lowest BCUT2D eigenvalue weighted by atomic mass is 10.2. The van der Waals surface area contributed by atoms with Crippen molar-refractivity contribution in [2.24, 2.45) is 0 Å². The number of ether oxygens (including phenoxy) is 1. The van der Waals surface area contributed by atoms with Gasteiger partial charge in [0.25, 0.3) is 0 Å². The number of likely N-dealkylation sites (tertiary alicyclic amines) is 1. The number of carbonyl (C=O) groups excluding carboxylic acids is 2. The zero-order valence-corrected chi connectivity index (χ0v) is 12.4. The molecule has 1 aliphatic heterocycles. The summed E-state index contributed by atoms with van der Waals surface area (Å²) in [6.07, 6.45) is 0.328. The van der Waals surface area contributed by atoms with Crippen molar-refractivity contribution in [3.05, 3.63) is 0 Å². The van der Waals surface area contributed by atoms with Crippen LogP contribution in [0, 0.1) is 0 Å². The molecular weight excluding hydrogens is 246 g/mol. The first-order chi connectivity index (χ1) is 8.67. The van der Waals surface area contributed by atoms with E-state index in [1.807, 2.05) is 34.6 Å². The molecule has 6 nitrogen and oxygen atoms in total. The summed E-state index contributed by atoms with van der Waals surface area (Å²) < 4.78 is 5.19. The smallest absolute Gasteiger partial charge is 0.407 e. The highest BCUT2D eigenvalue weighted by atomic mass is 16.6. The van der Waals surface area contributed by atoms with Crippen molar-refractivity contribution in [3.63, 3.8) is 0 Å². The number of nitrogens with zero attached hydrogens (tertiary/aromatic N) is 1. The fourth-order valence-corrected chi connectivity index (χ4v) is 1.88. The molecule has 0 aromatic rings. The van der Waals surface area contributed by atoms with Crippen molar-refractivity contribution in [1.29, 1.82) is 0 Å². The van der Waals surface area contributed by atoms with E-state index in [2.05, 4.69) is 10.6 Å². The van der Waals surface area contributed by atoms with Crippen LogP contribution in [-0.2, 0) is 4.74 Å². The summed E-state index contributed by atoms with van der Waals surface area (Å²) in [5.74, 6) is 0. The summed E-state index contributed by atoms with van der Waals surface area (Å²) >= 11 is 0. The van der Waals surface area contributed by atoms with Crippen molar-refractivity contribution in [2.45, 2.75) is 58.7 Å². The minimum atomic E-state index is -0.503. The Morgan fingerprint density at radius 3 is 2.47 bits per heavy atom. The predicted octanol–water partition coefficient (Wildman–Crippen LogP) is 1.70. The van der Waals surface area contributed by atoms with Gasteiger partial charge in [0.2, 0.25) is 0 Å². The Labute approximate surface area is 114 Å². The number of rotatable bonds is 2. The number of nitrogens with one attached hydrogen (secondary N) is 2. The second-order valence-electron chi connectivity index (χ2n) is 6.18. The van der Waals surface area contributed by atoms with Crippen molar-refractivity contribution in [1.82, 2.24) is 15.5 Å². The van der Waals surface area contributed by atoms with Crippen molar-refractivity contribution in [3.8, 4) is 0 Å². The highest BCUT2D eigenvalue weighted by Gasteiger charge is 2.28. The number of amides is 3. The lowest BCUT2D eigenvalue weighted by molar-refractivity contribution is 0.0506. The van der Waals surface area contributed by atoms with Crippen LogP contribution >= 0.6 is 0 Å². The van der Waals surface area contributed by atoms with Gasteiger partial charge in [0.15, 0.2) is 0 Å². The van der Waals surface area contributed by atoms with Crippen molar-refractivity contribution in [2.75, 3.05) is 13.1 Å². The lowest BCUT2D eigenvalue weighted by Crippen LogP contribution is -2.44. The van der Waals surface area contributed by atoms with Gasteiger partial charge in [-0.2, -0.15) is 0 Å². The van der Waals surface area contributed by atoms with Gasteiger partial charge in [0, 0.05) is 19.1 Å². The fourth-order valence-electron chi connectivity index (χ4n) is 1.88.